The lowest BCUT2D eigenvalue weighted by Gasteiger charge is -2.10. The lowest BCUT2D eigenvalue weighted by Crippen LogP contribution is -2.34. The molecule has 2 aromatic carbocycles. The summed E-state index contributed by atoms with van der Waals surface area (Å²) < 4.78 is 11.2. The van der Waals surface area contributed by atoms with Crippen LogP contribution in [0.15, 0.2) is 62.4 Å². The number of hydrogen-bond donors (Lipinski definition) is 3. The van der Waals surface area contributed by atoms with Gasteiger partial charge >= 0.3 is 5.63 Å². The number of rotatable bonds is 7. The summed E-state index contributed by atoms with van der Waals surface area (Å²) in [5, 5.41) is 22.4. The molecule has 0 fully saturated rings. The molecule has 0 aliphatic carbocycles. The van der Waals surface area contributed by atoms with E-state index in [0.717, 1.165) is 27.5 Å². The number of amides is 1. The Kier molecular flexibility index (Phi) is 5.88. The smallest absolute Gasteiger partial charge is 0.339 e. The highest BCUT2D eigenvalue weighted by atomic mass is 16.4. The second kappa shape index (κ2) is 8.75. The van der Waals surface area contributed by atoms with Gasteiger partial charge in [-0.15, -0.1) is 0 Å². The summed E-state index contributed by atoms with van der Waals surface area (Å²) >= 11 is 0. The highest BCUT2D eigenvalue weighted by Crippen LogP contribution is 2.34. The maximum absolute atomic E-state index is 12.5. The highest BCUT2D eigenvalue weighted by Gasteiger charge is 2.17. The summed E-state index contributed by atoms with van der Waals surface area (Å²) in [6.07, 6.45) is 0.962. The zero-order chi connectivity index (χ0) is 22.0. The van der Waals surface area contributed by atoms with Gasteiger partial charge in [-0.05, 0) is 30.5 Å². The van der Waals surface area contributed by atoms with E-state index in [-0.39, 0.29) is 25.3 Å². The molecule has 0 saturated heterocycles. The Bertz CT molecular complexity index is 1290. The van der Waals surface area contributed by atoms with Crippen LogP contribution >= 0.6 is 0 Å². The number of nitrogens with one attached hydrogen (secondary N) is 1. The Morgan fingerprint density at radius 3 is 2.65 bits per heavy atom. The van der Waals surface area contributed by atoms with Crippen LogP contribution in [0.5, 0.6) is 0 Å². The number of carbonyl (C=O) groups is 1. The Labute approximate surface area is 177 Å². The molecule has 0 aliphatic rings. The third kappa shape index (κ3) is 4.23. The molecule has 2 aromatic heterocycles. The fourth-order valence-corrected chi connectivity index (χ4v) is 3.66. The van der Waals surface area contributed by atoms with Gasteiger partial charge in [0.15, 0.2) is 0 Å². The Balaban J connectivity index is 1.67. The average Bonchev–Trinajstić information content (AvgIpc) is 3.19. The van der Waals surface area contributed by atoms with E-state index >= 15 is 0 Å². The molecule has 4 rings (SSSR count). The third-order valence-electron chi connectivity index (χ3n) is 5.41. The van der Waals surface area contributed by atoms with E-state index in [2.05, 4.69) is 5.32 Å². The quantitative estimate of drug-likeness (QED) is 0.396. The summed E-state index contributed by atoms with van der Waals surface area (Å²) in [5.41, 5.74) is 3.75. The normalized spacial score (nSPS) is 12.4. The molecule has 1 amide bonds. The SMILES string of the molecule is Cc1c(CCC(=O)NCC(O)CO)c(=O)oc2cc3occ(-c4ccccc4)c3cc12. The zero-order valence-corrected chi connectivity index (χ0v) is 17.1. The molecule has 160 valence electrons. The standard InChI is InChI=1S/C24H23NO6/c1-14-17(7-8-23(28)25-11-16(27)12-26)24(29)31-22-10-21-19(9-18(14)22)20(13-30-21)15-5-3-2-4-6-15/h2-6,9-10,13,16,26-27H,7-8,11-12H2,1H3,(H,25,28). The van der Waals surface area contributed by atoms with Gasteiger partial charge in [0.05, 0.1) is 19.0 Å². The molecule has 4 aromatic rings. The molecule has 0 spiro atoms. The number of aryl methyl sites for hydroxylation is 1. The van der Waals surface area contributed by atoms with E-state index in [0.29, 0.717) is 16.7 Å². The molecule has 0 saturated carbocycles. The van der Waals surface area contributed by atoms with Crippen molar-refractivity contribution in [3.63, 3.8) is 0 Å². The van der Waals surface area contributed by atoms with Gasteiger partial charge in [-0.1, -0.05) is 30.3 Å². The number of fused-ring (bicyclic) bond motifs is 2. The van der Waals surface area contributed by atoms with Gasteiger partial charge in [-0.2, -0.15) is 0 Å². The lowest BCUT2D eigenvalue weighted by molar-refractivity contribution is -0.121. The van der Waals surface area contributed by atoms with E-state index < -0.39 is 18.3 Å². The first-order valence-corrected chi connectivity index (χ1v) is 10.1. The van der Waals surface area contributed by atoms with Gasteiger partial charge in [-0.25, -0.2) is 4.79 Å². The van der Waals surface area contributed by atoms with Crippen molar-refractivity contribution in [1.82, 2.24) is 5.32 Å². The molecule has 0 radical (unpaired) electrons. The summed E-state index contributed by atoms with van der Waals surface area (Å²) in [7, 11) is 0. The van der Waals surface area contributed by atoms with Crippen LogP contribution < -0.4 is 10.9 Å². The third-order valence-corrected chi connectivity index (χ3v) is 5.41. The molecule has 3 N–H and O–H groups in total. The van der Waals surface area contributed by atoms with Crippen LogP contribution in [0.2, 0.25) is 0 Å². The van der Waals surface area contributed by atoms with Crippen LogP contribution in [0.25, 0.3) is 33.1 Å². The first-order valence-electron chi connectivity index (χ1n) is 10.1. The molecule has 1 atom stereocenters. The Hall–Kier alpha value is -3.42. The molecule has 31 heavy (non-hydrogen) atoms. The molecule has 7 heteroatoms. The number of carbonyl (C=O) groups excluding carboxylic acids is 1. The van der Waals surface area contributed by atoms with Crippen molar-refractivity contribution in [1.29, 1.82) is 0 Å². The van der Waals surface area contributed by atoms with Crippen molar-refractivity contribution in [2.24, 2.45) is 0 Å². The van der Waals surface area contributed by atoms with Crippen LogP contribution in [0.4, 0.5) is 0 Å². The van der Waals surface area contributed by atoms with Crippen molar-refractivity contribution in [3.8, 4) is 11.1 Å². The molecular weight excluding hydrogens is 398 g/mol. The van der Waals surface area contributed by atoms with Gasteiger partial charge in [0.1, 0.15) is 11.2 Å². The number of benzene rings is 2. The largest absolute Gasteiger partial charge is 0.464 e. The van der Waals surface area contributed by atoms with Crippen molar-refractivity contribution < 1.29 is 23.8 Å². The first kappa shape index (κ1) is 20.8. The van der Waals surface area contributed by atoms with Crippen molar-refractivity contribution in [2.45, 2.75) is 25.9 Å². The topological polar surface area (TPSA) is 113 Å². The highest BCUT2D eigenvalue weighted by molar-refractivity contribution is 6.02. The number of hydrogen-bond acceptors (Lipinski definition) is 6. The monoisotopic (exact) mass is 421 g/mol. The summed E-state index contributed by atoms with van der Waals surface area (Å²) in [6, 6.07) is 13.6. The van der Waals surface area contributed by atoms with E-state index in [4.69, 9.17) is 13.9 Å². The fourth-order valence-electron chi connectivity index (χ4n) is 3.66. The van der Waals surface area contributed by atoms with Crippen molar-refractivity contribution in [3.05, 3.63) is 70.3 Å². The fraction of sp³-hybridized carbons (Fsp3) is 0.250. The van der Waals surface area contributed by atoms with Crippen LogP contribution in [0.1, 0.15) is 17.5 Å². The predicted molar refractivity (Wildman–Crippen MR) is 117 cm³/mol. The van der Waals surface area contributed by atoms with E-state index in [1.165, 1.54) is 0 Å². The van der Waals surface area contributed by atoms with Gasteiger partial charge in [0.2, 0.25) is 5.91 Å². The van der Waals surface area contributed by atoms with Crippen molar-refractivity contribution >= 4 is 27.8 Å². The van der Waals surface area contributed by atoms with E-state index in [1.54, 1.807) is 12.3 Å². The van der Waals surface area contributed by atoms with Crippen LogP contribution in [-0.2, 0) is 11.2 Å². The minimum atomic E-state index is -1.01. The number of aliphatic hydroxyl groups is 2. The molecule has 7 nitrogen and oxygen atoms in total. The van der Waals surface area contributed by atoms with Gasteiger partial charge < -0.3 is 24.4 Å². The molecular formula is C24H23NO6. The van der Waals surface area contributed by atoms with Crippen LogP contribution in [-0.4, -0.2) is 35.4 Å². The Morgan fingerprint density at radius 2 is 1.90 bits per heavy atom. The minimum Gasteiger partial charge on any atom is -0.464 e. The van der Waals surface area contributed by atoms with Gasteiger partial charge in [-0.3, -0.25) is 4.79 Å². The number of furan rings is 1. The lowest BCUT2D eigenvalue weighted by atomic mass is 9.99. The van der Waals surface area contributed by atoms with Gasteiger partial charge in [0, 0.05) is 40.9 Å². The molecule has 2 heterocycles. The zero-order valence-electron chi connectivity index (χ0n) is 17.1. The second-order valence-electron chi connectivity index (χ2n) is 7.49. The Morgan fingerprint density at radius 1 is 1.13 bits per heavy atom. The summed E-state index contributed by atoms with van der Waals surface area (Å²) in [6.45, 7) is 1.37. The van der Waals surface area contributed by atoms with Crippen LogP contribution in [0.3, 0.4) is 0 Å². The summed E-state index contributed by atoms with van der Waals surface area (Å²) in [4.78, 5) is 24.6. The summed E-state index contributed by atoms with van der Waals surface area (Å²) in [5.74, 6) is -0.317. The maximum atomic E-state index is 12.5. The maximum Gasteiger partial charge on any atom is 0.339 e. The van der Waals surface area contributed by atoms with Gasteiger partial charge in [0.25, 0.3) is 0 Å². The molecule has 0 bridgehead atoms. The molecule has 0 aliphatic heterocycles. The van der Waals surface area contributed by atoms with Crippen molar-refractivity contribution in [2.75, 3.05) is 13.2 Å². The average molecular weight is 421 g/mol. The second-order valence-corrected chi connectivity index (χ2v) is 7.49. The minimum absolute atomic E-state index is 0.0403. The molecule has 1 unspecified atom stereocenters. The predicted octanol–water partition coefficient (Wildman–Crippen LogP) is 2.92. The number of aliphatic hydroxyl groups excluding tert-OH is 2. The van der Waals surface area contributed by atoms with E-state index in [1.807, 2.05) is 43.3 Å². The first-order chi connectivity index (χ1) is 15.0. The van der Waals surface area contributed by atoms with E-state index in [9.17, 15) is 14.7 Å². The van der Waals surface area contributed by atoms with Crippen LogP contribution in [0, 0.1) is 6.92 Å².